The smallest absolute Gasteiger partial charge is 0.422 e. The Bertz CT molecular complexity index is 280. The van der Waals surface area contributed by atoms with Gasteiger partial charge in [-0.15, -0.1) is 0 Å². The molecule has 1 aliphatic rings. The van der Waals surface area contributed by atoms with Crippen LogP contribution in [-0.2, 0) is 19.1 Å². The van der Waals surface area contributed by atoms with Gasteiger partial charge in [0.2, 0.25) is 5.91 Å². The van der Waals surface area contributed by atoms with Gasteiger partial charge in [-0.1, -0.05) is 0 Å². The maximum atomic E-state index is 10.5. The lowest BCUT2D eigenvalue weighted by Crippen LogP contribution is -2.19. The fraction of sp³-hybridized carbons (Fsp3) is 0.167. The molecule has 6 heteroatoms. The minimum atomic E-state index is -1.68. The lowest BCUT2D eigenvalue weighted by atomic mass is 10.5. The first-order chi connectivity index (χ1) is 5.59. The van der Waals surface area contributed by atoms with E-state index in [1.165, 1.54) is 0 Å². The van der Waals surface area contributed by atoms with Gasteiger partial charge in [-0.2, -0.15) is 0 Å². The van der Waals surface area contributed by atoms with E-state index < -0.39 is 17.8 Å². The fourth-order valence-electron chi connectivity index (χ4n) is 0.651. The summed E-state index contributed by atoms with van der Waals surface area (Å²) in [5.74, 6) is -3.46. The zero-order chi connectivity index (χ0) is 9.14. The van der Waals surface area contributed by atoms with Gasteiger partial charge in [0.15, 0.2) is 0 Å². The van der Waals surface area contributed by atoms with Crippen LogP contribution >= 0.6 is 0 Å². The van der Waals surface area contributed by atoms with E-state index in [2.05, 4.69) is 10.1 Å². The topological polar surface area (TPSA) is 92.7 Å². The SMILES string of the molecule is O=C1C=C(OC(=O)C(=O)O)CN1. The minimum absolute atomic E-state index is 0.0207. The predicted octanol–water partition coefficient (Wildman–Crippen LogP) is -1.37. The van der Waals surface area contributed by atoms with Gasteiger partial charge < -0.3 is 15.2 Å². The second-order valence-corrected chi connectivity index (χ2v) is 2.02. The van der Waals surface area contributed by atoms with Crippen molar-refractivity contribution in [3.63, 3.8) is 0 Å². The first-order valence-corrected chi connectivity index (χ1v) is 3.03. The molecule has 12 heavy (non-hydrogen) atoms. The Labute approximate surface area is 66.8 Å². The van der Waals surface area contributed by atoms with E-state index >= 15 is 0 Å². The number of amides is 1. The van der Waals surface area contributed by atoms with Crippen LogP contribution in [0.3, 0.4) is 0 Å². The Kier molecular flexibility index (Phi) is 2.09. The summed E-state index contributed by atoms with van der Waals surface area (Å²) in [5, 5.41) is 10.4. The van der Waals surface area contributed by atoms with Gasteiger partial charge >= 0.3 is 11.9 Å². The Morgan fingerprint density at radius 2 is 2.25 bits per heavy atom. The molecule has 0 aromatic heterocycles. The van der Waals surface area contributed by atoms with Gasteiger partial charge in [-0.25, -0.2) is 9.59 Å². The van der Waals surface area contributed by atoms with Gasteiger partial charge in [0.25, 0.3) is 0 Å². The van der Waals surface area contributed by atoms with Gasteiger partial charge in [0.1, 0.15) is 5.76 Å². The summed E-state index contributed by atoms with van der Waals surface area (Å²) in [6.45, 7) is 0.0534. The van der Waals surface area contributed by atoms with Gasteiger partial charge in [-0.05, 0) is 0 Å². The Morgan fingerprint density at radius 3 is 2.67 bits per heavy atom. The number of ether oxygens (including phenoxy) is 1. The number of hydrogen-bond donors (Lipinski definition) is 2. The maximum Gasteiger partial charge on any atom is 0.422 e. The second-order valence-electron chi connectivity index (χ2n) is 2.02. The number of esters is 1. The standard InChI is InChI=1S/C6H5NO5/c8-4-1-3(2-7-4)12-6(11)5(9)10/h1H,2H2,(H,7,8)(H,9,10). The van der Waals surface area contributed by atoms with Crippen molar-refractivity contribution in [1.29, 1.82) is 0 Å². The number of rotatable bonds is 1. The van der Waals surface area contributed by atoms with E-state index in [1.807, 2.05) is 0 Å². The fourth-order valence-corrected chi connectivity index (χ4v) is 0.651. The Morgan fingerprint density at radius 1 is 1.58 bits per heavy atom. The van der Waals surface area contributed by atoms with Crippen molar-refractivity contribution >= 4 is 17.8 Å². The molecule has 64 valence electrons. The summed E-state index contributed by atoms with van der Waals surface area (Å²) >= 11 is 0. The normalized spacial score (nSPS) is 15.0. The van der Waals surface area contributed by atoms with Crippen LogP contribution in [0, 0.1) is 0 Å². The molecule has 6 nitrogen and oxygen atoms in total. The van der Waals surface area contributed by atoms with Gasteiger partial charge in [0.05, 0.1) is 6.54 Å². The molecule has 1 amide bonds. The van der Waals surface area contributed by atoms with Crippen molar-refractivity contribution in [3.8, 4) is 0 Å². The third-order valence-corrected chi connectivity index (χ3v) is 1.13. The molecule has 0 radical (unpaired) electrons. The molecular weight excluding hydrogens is 166 g/mol. The molecule has 1 rings (SSSR count). The summed E-state index contributed by atoms with van der Waals surface area (Å²) in [6.07, 6.45) is 1.03. The number of aliphatic carboxylic acids is 1. The molecule has 0 aromatic rings. The third-order valence-electron chi connectivity index (χ3n) is 1.13. The number of carboxylic acid groups (broad SMARTS) is 1. The largest absolute Gasteiger partial charge is 0.473 e. The van der Waals surface area contributed by atoms with E-state index in [1.54, 1.807) is 0 Å². The number of hydrogen-bond acceptors (Lipinski definition) is 4. The van der Waals surface area contributed by atoms with E-state index in [4.69, 9.17) is 5.11 Å². The molecule has 2 N–H and O–H groups in total. The summed E-state index contributed by atoms with van der Waals surface area (Å²) in [5.41, 5.74) is 0. The lowest BCUT2D eigenvalue weighted by molar-refractivity contribution is -0.161. The van der Waals surface area contributed by atoms with Crippen LogP contribution in [0.2, 0.25) is 0 Å². The van der Waals surface area contributed by atoms with Crippen molar-refractivity contribution in [2.75, 3.05) is 6.54 Å². The molecule has 1 aliphatic heterocycles. The highest BCUT2D eigenvalue weighted by atomic mass is 16.6. The molecule has 0 saturated carbocycles. The van der Waals surface area contributed by atoms with Crippen LogP contribution < -0.4 is 5.32 Å². The number of carboxylic acids is 1. The molecule has 0 saturated heterocycles. The zero-order valence-electron chi connectivity index (χ0n) is 5.86. The summed E-state index contributed by atoms with van der Waals surface area (Å²) in [4.78, 5) is 30.8. The number of carbonyl (C=O) groups excluding carboxylic acids is 2. The van der Waals surface area contributed by atoms with E-state index in [0.717, 1.165) is 6.08 Å². The molecule has 0 aliphatic carbocycles. The second kappa shape index (κ2) is 3.04. The molecular formula is C6H5NO5. The van der Waals surface area contributed by atoms with Crippen molar-refractivity contribution < 1.29 is 24.2 Å². The van der Waals surface area contributed by atoms with Crippen molar-refractivity contribution in [3.05, 3.63) is 11.8 Å². The highest BCUT2D eigenvalue weighted by Gasteiger charge is 2.19. The first kappa shape index (κ1) is 8.25. The average molecular weight is 171 g/mol. The van der Waals surface area contributed by atoms with Crippen LogP contribution in [0.5, 0.6) is 0 Å². The van der Waals surface area contributed by atoms with Crippen molar-refractivity contribution in [2.24, 2.45) is 0 Å². The van der Waals surface area contributed by atoms with E-state index in [9.17, 15) is 14.4 Å². The molecule has 0 bridgehead atoms. The van der Waals surface area contributed by atoms with E-state index in [0.29, 0.717) is 0 Å². The van der Waals surface area contributed by atoms with Crippen LogP contribution in [-0.4, -0.2) is 29.5 Å². The summed E-state index contributed by atoms with van der Waals surface area (Å²) < 4.78 is 4.28. The molecule has 1 heterocycles. The van der Waals surface area contributed by atoms with Crippen LogP contribution in [0.15, 0.2) is 11.8 Å². The van der Waals surface area contributed by atoms with E-state index in [-0.39, 0.29) is 12.3 Å². The van der Waals surface area contributed by atoms with Crippen molar-refractivity contribution in [2.45, 2.75) is 0 Å². The monoisotopic (exact) mass is 171 g/mol. The quantitative estimate of drug-likeness (QED) is 0.375. The van der Waals surface area contributed by atoms with Crippen LogP contribution in [0.4, 0.5) is 0 Å². The summed E-state index contributed by atoms with van der Waals surface area (Å²) in [6, 6.07) is 0. The minimum Gasteiger partial charge on any atom is -0.473 e. The molecule has 0 atom stereocenters. The Hall–Kier alpha value is -1.85. The summed E-state index contributed by atoms with van der Waals surface area (Å²) in [7, 11) is 0. The molecule has 0 spiro atoms. The van der Waals surface area contributed by atoms with Gasteiger partial charge in [-0.3, -0.25) is 4.79 Å². The van der Waals surface area contributed by atoms with Gasteiger partial charge in [0, 0.05) is 6.08 Å². The predicted molar refractivity (Wildman–Crippen MR) is 34.8 cm³/mol. The number of nitrogens with one attached hydrogen (secondary N) is 1. The average Bonchev–Trinajstić information content (AvgIpc) is 2.35. The Balaban J connectivity index is 2.53. The molecule has 0 unspecified atom stereocenters. The lowest BCUT2D eigenvalue weighted by Gasteiger charge is -1.98. The first-order valence-electron chi connectivity index (χ1n) is 3.03. The van der Waals surface area contributed by atoms with Crippen LogP contribution in [0.25, 0.3) is 0 Å². The number of carbonyl (C=O) groups is 3. The molecule has 0 aromatic carbocycles. The highest BCUT2D eigenvalue weighted by molar-refractivity contribution is 6.29. The third kappa shape index (κ3) is 1.82. The van der Waals surface area contributed by atoms with Crippen LogP contribution in [0.1, 0.15) is 0 Å². The van der Waals surface area contributed by atoms with Crippen molar-refractivity contribution in [1.82, 2.24) is 5.32 Å². The highest BCUT2D eigenvalue weighted by Crippen LogP contribution is 2.01. The molecule has 0 fully saturated rings. The zero-order valence-corrected chi connectivity index (χ0v) is 5.86. The maximum absolute atomic E-state index is 10.5.